The Morgan fingerprint density at radius 1 is 0.941 bits per heavy atom. The van der Waals surface area contributed by atoms with Crippen LogP contribution in [0.5, 0.6) is 0 Å². The smallest absolute Gasteiger partial charge is 0.421 e. The van der Waals surface area contributed by atoms with Crippen LogP contribution in [0.25, 0.3) is 21.8 Å². The first-order valence-corrected chi connectivity index (χ1v) is 5.12. The zero-order valence-corrected chi connectivity index (χ0v) is 8.78. The third-order valence-electron chi connectivity index (χ3n) is 2.57. The second-order valence-corrected chi connectivity index (χ2v) is 3.68. The molecular weight excluding hydrogens is 217 g/mol. The summed E-state index contributed by atoms with van der Waals surface area (Å²) in [6.07, 6.45) is 3.24. The summed E-state index contributed by atoms with van der Waals surface area (Å²) in [4.78, 5) is 12.3. The highest BCUT2D eigenvalue weighted by Gasteiger charge is 2.16. The van der Waals surface area contributed by atoms with Crippen molar-refractivity contribution in [3.8, 4) is 0 Å². The first-order chi connectivity index (χ1) is 8.25. The summed E-state index contributed by atoms with van der Waals surface area (Å²) in [7, 11) is -1.67. The molecule has 0 atom stereocenters. The Labute approximate surface area is 96.9 Å². The van der Waals surface area contributed by atoms with Crippen molar-refractivity contribution < 1.29 is 10.0 Å². The van der Waals surface area contributed by atoms with Gasteiger partial charge < -0.3 is 10.0 Å². The lowest BCUT2D eigenvalue weighted by Gasteiger charge is -2.03. The Kier molecular flexibility index (Phi) is 2.24. The predicted octanol–water partition coefficient (Wildman–Crippen LogP) is -0.142. The van der Waals surface area contributed by atoms with E-state index >= 15 is 0 Å². The Bertz CT molecular complexity index is 702. The van der Waals surface area contributed by atoms with Crippen molar-refractivity contribution in [1.29, 1.82) is 0 Å². The van der Waals surface area contributed by atoms with Crippen LogP contribution in [0.3, 0.4) is 0 Å². The summed E-state index contributed by atoms with van der Waals surface area (Å²) in [5.74, 6) is 0. The van der Waals surface area contributed by atoms with Crippen LogP contribution in [-0.2, 0) is 0 Å². The van der Waals surface area contributed by atoms with Crippen molar-refractivity contribution in [2.75, 3.05) is 0 Å². The molecular formula is C11H8BN3O2. The number of pyridine rings is 1. The molecule has 1 aromatic carbocycles. The molecule has 6 heteroatoms. The maximum absolute atomic E-state index is 9.07. The third-order valence-corrected chi connectivity index (χ3v) is 2.57. The average Bonchev–Trinajstić information content (AvgIpc) is 2.38. The molecule has 5 nitrogen and oxygen atoms in total. The standard InChI is InChI=1S/C11H8BN3O2/c16-12(17)11-14-6-8-4-3-7-2-1-5-13-9(7)10(8)15-11/h1-6,16-17H. The minimum absolute atomic E-state index is 0.0179. The van der Waals surface area contributed by atoms with E-state index in [0.29, 0.717) is 5.52 Å². The van der Waals surface area contributed by atoms with Crippen molar-refractivity contribution in [1.82, 2.24) is 15.0 Å². The lowest BCUT2D eigenvalue weighted by molar-refractivity contribution is 0.422. The Hall–Kier alpha value is -2.05. The highest BCUT2D eigenvalue weighted by molar-refractivity contribution is 6.56. The molecule has 0 unspecified atom stereocenters. The molecule has 0 aliphatic heterocycles. The second kappa shape index (κ2) is 3.76. The van der Waals surface area contributed by atoms with E-state index in [1.165, 1.54) is 0 Å². The van der Waals surface area contributed by atoms with E-state index in [0.717, 1.165) is 16.3 Å². The summed E-state index contributed by atoms with van der Waals surface area (Å²) >= 11 is 0. The van der Waals surface area contributed by atoms with E-state index in [-0.39, 0.29) is 5.72 Å². The van der Waals surface area contributed by atoms with Gasteiger partial charge in [0, 0.05) is 23.2 Å². The molecule has 0 amide bonds. The van der Waals surface area contributed by atoms with Gasteiger partial charge in [0.25, 0.3) is 0 Å². The van der Waals surface area contributed by atoms with Gasteiger partial charge >= 0.3 is 7.12 Å². The fourth-order valence-corrected chi connectivity index (χ4v) is 1.77. The first-order valence-electron chi connectivity index (χ1n) is 5.12. The quantitative estimate of drug-likeness (QED) is 0.445. The summed E-state index contributed by atoms with van der Waals surface area (Å²) in [6, 6.07) is 7.59. The fraction of sp³-hybridized carbons (Fsp3) is 0. The Morgan fingerprint density at radius 3 is 2.59 bits per heavy atom. The highest BCUT2D eigenvalue weighted by Crippen LogP contribution is 2.19. The average molecular weight is 225 g/mol. The molecule has 3 aromatic rings. The van der Waals surface area contributed by atoms with Crippen molar-refractivity contribution in [2.45, 2.75) is 0 Å². The van der Waals surface area contributed by atoms with Gasteiger partial charge in [-0.05, 0) is 6.07 Å². The normalized spacial score (nSPS) is 10.9. The zero-order valence-electron chi connectivity index (χ0n) is 8.78. The van der Waals surface area contributed by atoms with E-state index in [9.17, 15) is 0 Å². The van der Waals surface area contributed by atoms with E-state index in [1.807, 2.05) is 24.3 Å². The number of aromatic nitrogens is 3. The van der Waals surface area contributed by atoms with Gasteiger partial charge in [-0.25, -0.2) is 9.97 Å². The molecule has 17 heavy (non-hydrogen) atoms. The SMILES string of the molecule is OB(O)c1ncc2ccc3cccnc3c2n1. The number of fused-ring (bicyclic) bond motifs is 3. The topological polar surface area (TPSA) is 79.1 Å². The van der Waals surface area contributed by atoms with Crippen LogP contribution in [0.2, 0.25) is 0 Å². The first kappa shape index (κ1) is 10.1. The van der Waals surface area contributed by atoms with Gasteiger partial charge in [0.05, 0.1) is 11.0 Å². The summed E-state index contributed by atoms with van der Waals surface area (Å²) in [5, 5.41) is 19.9. The van der Waals surface area contributed by atoms with Gasteiger partial charge in [0.2, 0.25) is 0 Å². The molecule has 0 aliphatic rings. The molecule has 3 rings (SSSR count). The van der Waals surface area contributed by atoms with Gasteiger partial charge in [0.15, 0.2) is 5.72 Å². The van der Waals surface area contributed by atoms with Crippen LogP contribution in [-0.4, -0.2) is 32.1 Å². The number of nitrogens with zero attached hydrogens (tertiary/aromatic N) is 3. The van der Waals surface area contributed by atoms with Gasteiger partial charge in [-0.3, -0.25) is 4.98 Å². The number of hydrogen-bond acceptors (Lipinski definition) is 5. The zero-order chi connectivity index (χ0) is 11.8. The largest absolute Gasteiger partial charge is 0.528 e. The van der Waals surface area contributed by atoms with Crippen LogP contribution < -0.4 is 5.72 Å². The molecule has 0 fully saturated rings. The molecule has 0 aliphatic carbocycles. The lowest BCUT2D eigenvalue weighted by atomic mass is 9.90. The molecule has 2 heterocycles. The molecule has 0 radical (unpaired) electrons. The molecule has 0 spiro atoms. The second-order valence-electron chi connectivity index (χ2n) is 3.68. The van der Waals surface area contributed by atoms with Crippen LogP contribution in [0.15, 0.2) is 36.7 Å². The van der Waals surface area contributed by atoms with E-state index < -0.39 is 7.12 Å². The lowest BCUT2D eigenvalue weighted by Crippen LogP contribution is -2.35. The molecule has 2 aromatic heterocycles. The molecule has 0 saturated heterocycles. The molecule has 0 bridgehead atoms. The van der Waals surface area contributed by atoms with Gasteiger partial charge in [-0.1, -0.05) is 18.2 Å². The van der Waals surface area contributed by atoms with Gasteiger partial charge in [0.1, 0.15) is 0 Å². The van der Waals surface area contributed by atoms with Crippen LogP contribution >= 0.6 is 0 Å². The van der Waals surface area contributed by atoms with Gasteiger partial charge in [-0.15, -0.1) is 0 Å². The van der Waals surface area contributed by atoms with Crippen molar-refractivity contribution in [3.05, 3.63) is 36.7 Å². The van der Waals surface area contributed by atoms with E-state index in [4.69, 9.17) is 10.0 Å². The predicted molar refractivity (Wildman–Crippen MR) is 64.7 cm³/mol. The monoisotopic (exact) mass is 225 g/mol. The van der Waals surface area contributed by atoms with E-state index in [1.54, 1.807) is 12.4 Å². The maximum Gasteiger partial charge on any atom is 0.528 e. The minimum Gasteiger partial charge on any atom is -0.421 e. The Balaban J connectivity index is 2.42. The van der Waals surface area contributed by atoms with Crippen molar-refractivity contribution in [3.63, 3.8) is 0 Å². The van der Waals surface area contributed by atoms with Crippen LogP contribution in [0.1, 0.15) is 0 Å². The molecule has 0 saturated carbocycles. The number of hydrogen-bond donors (Lipinski definition) is 2. The summed E-state index contributed by atoms with van der Waals surface area (Å²) in [5.41, 5.74) is 1.34. The summed E-state index contributed by atoms with van der Waals surface area (Å²) in [6.45, 7) is 0. The molecule has 2 N–H and O–H groups in total. The Morgan fingerprint density at radius 2 is 1.76 bits per heavy atom. The fourth-order valence-electron chi connectivity index (χ4n) is 1.77. The number of rotatable bonds is 1. The van der Waals surface area contributed by atoms with Crippen LogP contribution in [0, 0.1) is 0 Å². The number of benzene rings is 1. The van der Waals surface area contributed by atoms with Crippen molar-refractivity contribution >= 4 is 34.6 Å². The minimum atomic E-state index is -1.67. The van der Waals surface area contributed by atoms with Crippen LogP contribution in [0.4, 0.5) is 0 Å². The third kappa shape index (κ3) is 1.63. The van der Waals surface area contributed by atoms with Gasteiger partial charge in [-0.2, -0.15) is 0 Å². The van der Waals surface area contributed by atoms with Crippen molar-refractivity contribution in [2.24, 2.45) is 0 Å². The summed E-state index contributed by atoms with van der Waals surface area (Å²) < 4.78 is 0. The molecule has 82 valence electrons. The van der Waals surface area contributed by atoms with E-state index in [2.05, 4.69) is 15.0 Å². The maximum atomic E-state index is 9.07. The highest BCUT2D eigenvalue weighted by atomic mass is 16.4.